The van der Waals surface area contributed by atoms with Gasteiger partial charge in [-0.3, -0.25) is 14.9 Å². The molecule has 0 radical (unpaired) electrons. The molecule has 9 heteroatoms. The normalized spacial score (nSPS) is 11.0. The Hall–Kier alpha value is -3.41. The van der Waals surface area contributed by atoms with Crippen molar-refractivity contribution in [2.45, 2.75) is 0 Å². The van der Waals surface area contributed by atoms with E-state index in [0.717, 1.165) is 16.1 Å². The van der Waals surface area contributed by atoms with Crippen LogP contribution in [-0.4, -0.2) is 10.8 Å². The highest BCUT2D eigenvalue weighted by Gasteiger charge is 2.19. The smallest absolute Gasteiger partial charge is 0.294 e. The van der Waals surface area contributed by atoms with Crippen molar-refractivity contribution in [3.8, 4) is 17.4 Å². The fourth-order valence-electron chi connectivity index (χ4n) is 2.44. The summed E-state index contributed by atoms with van der Waals surface area (Å²) in [4.78, 5) is 22.9. The van der Waals surface area contributed by atoms with Crippen molar-refractivity contribution in [2.24, 2.45) is 0 Å². The maximum absolute atomic E-state index is 12.4. The maximum atomic E-state index is 12.4. The number of nitro benzene ring substituents is 1. The van der Waals surface area contributed by atoms with Crippen LogP contribution in [0, 0.1) is 21.4 Å². The van der Waals surface area contributed by atoms with Crippen LogP contribution in [0.3, 0.4) is 0 Å². The molecule has 144 valence electrons. The minimum absolute atomic E-state index is 0.0689. The van der Waals surface area contributed by atoms with Crippen LogP contribution >= 0.6 is 27.5 Å². The van der Waals surface area contributed by atoms with E-state index in [-0.39, 0.29) is 22.0 Å². The molecule has 0 bridgehead atoms. The van der Waals surface area contributed by atoms with Crippen molar-refractivity contribution in [3.05, 3.63) is 85.5 Å². The van der Waals surface area contributed by atoms with Crippen LogP contribution in [0.1, 0.15) is 5.76 Å². The van der Waals surface area contributed by atoms with Gasteiger partial charge >= 0.3 is 0 Å². The number of anilines is 1. The van der Waals surface area contributed by atoms with Crippen molar-refractivity contribution in [3.63, 3.8) is 0 Å². The Morgan fingerprint density at radius 1 is 1.21 bits per heavy atom. The van der Waals surface area contributed by atoms with Gasteiger partial charge in [0.15, 0.2) is 0 Å². The summed E-state index contributed by atoms with van der Waals surface area (Å²) in [6.45, 7) is 0. The van der Waals surface area contributed by atoms with Crippen LogP contribution in [-0.2, 0) is 4.79 Å². The molecule has 0 atom stereocenters. The van der Waals surface area contributed by atoms with Crippen molar-refractivity contribution in [2.75, 3.05) is 5.32 Å². The van der Waals surface area contributed by atoms with Crippen LogP contribution in [0.5, 0.6) is 0 Å². The summed E-state index contributed by atoms with van der Waals surface area (Å²) in [7, 11) is 0. The second kappa shape index (κ2) is 8.73. The molecule has 0 spiro atoms. The lowest BCUT2D eigenvalue weighted by Gasteiger charge is -2.05. The molecular formula is C20H11BrClN3O4. The highest BCUT2D eigenvalue weighted by molar-refractivity contribution is 9.10. The molecule has 1 N–H and O–H groups in total. The lowest BCUT2D eigenvalue weighted by molar-refractivity contribution is -0.383. The van der Waals surface area contributed by atoms with Gasteiger partial charge in [-0.25, -0.2) is 0 Å². The first-order chi connectivity index (χ1) is 13.9. The number of nitriles is 1. The van der Waals surface area contributed by atoms with Crippen LogP contribution in [0.15, 0.2) is 69.1 Å². The molecule has 29 heavy (non-hydrogen) atoms. The zero-order valence-electron chi connectivity index (χ0n) is 14.6. The number of hydrogen-bond donors (Lipinski definition) is 1. The quantitative estimate of drug-likeness (QED) is 0.218. The van der Waals surface area contributed by atoms with E-state index in [0.29, 0.717) is 11.5 Å². The molecule has 0 saturated carbocycles. The molecule has 1 amide bonds. The number of benzene rings is 2. The molecule has 3 aromatic rings. The number of furan rings is 1. The Morgan fingerprint density at radius 3 is 2.59 bits per heavy atom. The van der Waals surface area contributed by atoms with E-state index in [4.69, 9.17) is 16.0 Å². The average Bonchev–Trinajstić information content (AvgIpc) is 3.16. The third-order valence-corrected chi connectivity index (χ3v) is 4.58. The number of rotatable bonds is 5. The number of nitrogens with zero attached hydrogens (tertiary/aromatic N) is 2. The molecule has 1 heterocycles. The van der Waals surface area contributed by atoms with Gasteiger partial charge < -0.3 is 9.73 Å². The van der Waals surface area contributed by atoms with Gasteiger partial charge in [-0.2, -0.15) is 5.26 Å². The van der Waals surface area contributed by atoms with Gasteiger partial charge in [-0.15, -0.1) is 0 Å². The standard InChI is InChI=1S/C20H11BrClN3O4/c21-14-3-1-12(2-4-14)19-8-6-16(29-19)9-13(11-23)20(26)24-17-7-5-15(22)10-18(17)25(27)28/h1-10H,(H,24,26)/b13-9+. The lowest BCUT2D eigenvalue weighted by atomic mass is 10.2. The Kier molecular flexibility index (Phi) is 6.12. The highest BCUT2D eigenvalue weighted by atomic mass is 79.9. The number of nitrogens with one attached hydrogen (secondary N) is 1. The third-order valence-electron chi connectivity index (χ3n) is 3.81. The molecule has 0 aliphatic rings. The van der Waals surface area contributed by atoms with E-state index in [1.165, 1.54) is 18.2 Å². The number of amides is 1. The van der Waals surface area contributed by atoms with Crippen molar-refractivity contribution >= 4 is 50.9 Å². The molecule has 0 saturated heterocycles. The van der Waals surface area contributed by atoms with E-state index in [1.54, 1.807) is 18.2 Å². The molecule has 0 aliphatic heterocycles. The van der Waals surface area contributed by atoms with Gasteiger partial charge in [-0.1, -0.05) is 39.7 Å². The van der Waals surface area contributed by atoms with E-state index < -0.39 is 10.8 Å². The maximum Gasteiger partial charge on any atom is 0.294 e. The van der Waals surface area contributed by atoms with Crippen LogP contribution < -0.4 is 5.32 Å². The number of halogens is 2. The minimum Gasteiger partial charge on any atom is -0.457 e. The van der Waals surface area contributed by atoms with Gasteiger partial charge in [0.1, 0.15) is 28.9 Å². The molecule has 0 aliphatic carbocycles. The third kappa shape index (κ3) is 4.90. The van der Waals surface area contributed by atoms with E-state index in [9.17, 15) is 20.2 Å². The highest BCUT2D eigenvalue weighted by Crippen LogP contribution is 2.29. The molecule has 0 unspecified atom stereocenters. The summed E-state index contributed by atoms with van der Waals surface area (Å²) in [6.07, 6.45) is 1.26. The fraction of sp³-hybridized carbons (Fsp3) is 0. The summed E-state index contributed by atoms with van der Waals surface area (Å²) >= 11 is 9.12. The van der Waals surface area contributed by atoms with E-state index in [2.05, 4.69) is 21.2 Å². The molecule has 3 rings (SSSR count). The summed E-state index contributed by atoms with van der Waals surface area (Å²) in [5.41, 5.74) is 0.109. The largest absolute Gasteiger partial charge is 0.457 e. The molecular weight excluding hydrogens is 462 g/mol. The zero-order valence-corrected chi connectivity index (χ0v) is 16.9. The monoisotopic (exact) mass is 471 g/mol. The molecule has 2 aromatic carbocycles. The second-order valence-corrected chi connectivity index (χ2v) is 7.10. The summed E-state index contributed by atoms with van der Waals surface area (Å²) in [6, 6.07) is 16.4. The van der Waals surface area contributed by atoms with Crippen LogP contribution in [0.25, 0.3) is 17.4 Å². The Bertz CT molecular complexity index is 1160. The van der Waals surface area contributed by atoms with Crippen molar-refractivity contribution in [1.82, 2.24) is 0 Å². The number of nitro groups is 1. The topological polar surface area (TPSA) is 109 Å². The summed E-state index contributed by atoms with van der Waals surface area (Å²) in [5.74, 6) is 0.0505. The van der Waals surface area contributed by atoms with Gasteiger partial charge in [0, 0.05) is 27.2 Å². The SMILES string of the molecule is N#C/C(=C\c1ccc(-c2ccc(Br)cc2)o1)C(=O)Nc1ccc(Cl)cc1[N+](=O)[O-]. The van der Waals surface area contributed by atoms with E-state index in [1.807, 2.05) is 24.3 Å². The Labute approximate surface area is 178 Å². The summed E-state index contributed by atoms with van der Waals surface area (Å²) in [5, 5.41) is 23.0. The lowest BCUT2D eigenvalue weighted by Crippen LogP contribution is -2.14. The van der Waals surface area contributed by atoms with Gasteiger partial charge in [0.25, 0.3) is 11.6 Å². The first-order valence-corrected chi connectivity index (χ1v) is 9.27. The summed E-state index contributed by atoms with van der Waals surface area (Å²) < 4.78 is 6.60. The van der Waals surface area contributed by atoms with Crippen molar-refractivity contribution in [1.29, 1.82) is 5.26 Å². The molecule has 0 fully saturated rings. The van der Waals surface area contributed by atoms with Crippen LogP contribution in [0.2, 0.25) is 5.02 Å². The Morgan fingerprint density at radius 2 is 1.93 bits per heavy atom. The van der Waals surface area contributed by atoms with Gasteiger partial charge in [0.05, 0.1) is 4.92 Å². The first-order valence-electron chi connectivity index (χ1n) is 8.10. The number of carbonyl (C=O) groups is 1. The number of carbonyl (C=O) groups excluding carboxylic acids is 1. The fourth-order valence-corrected chi connectivity index (χ4v) is 2.87. The second-order valence-electron chi connectivity index (χ2n) is 5.75. The first kappa shape index (κ1) is 20.3. The Balaban J connectivity index is 1.84. The average molecular weight is 473 g/mol. The van der Waals surface area contributed by atoms with Crippen LogP contribution in [0.4, 0.5) is 11.4 Å². The van der Waals surface area contributed by atoms with Gasteiger partial charge in [-0.05, 0) is 36.4 Å². The predicted molar refractivity (Wildman–Crippen MR) is 112 cm³/mol. The minimum atomic E-state index is -0.806. The predicted octanol–water partition coefficient (Wildman–Crippen LogP) is 5.82. The molecule has 1 aromatic heterocycles. The molecule has 7 nitrogen and oxygen atoms in total. The van der Waals surface area contributed by atoms with E-state index >= 15 is 0 Å². The van der Waals surface area contributed by atoms with Gasteiger partial charge in [0.2, 0.25) is 0 Å². The zero-order chi connectivity index (χ0) is 21.0. The van der Waals surface area contributed by atoms with Crippen molar-refractivity contribution < 1.29 is 14.1 Å². The number of hydrogen-bond acceptors (Lipinski definition) is 5.